The van der Waals surface area contributed by atoms with Crippen LogP contribution in [0.5, 0.6) is 0 Å². The molecule has 0 aliphatic heterocycles. The lowest BCUT2D eigenvalue weighted by Crippen LogP contribution is -1.98. The van der Waals surface area contributed by atoms with Crippen molar-refractivity contribution in [3.05, 3.63) is 44.5 Å². The van der Waals surface area contributed by atoms with Crippen molar-refractivity contribution in [2.24, 2.45) is 0 Å². The van der Waals surface area contributed by atoms with Crippen LogP contribution in [0.4, 0.5) is 0 Å². The van der Waals surface area contributed by atoms with Crippen LogP contribution in [0.25, 0.3) is 87.8 Å². The number of hydrogen-bond donors (Lipinski definition) is 0. The molecule has 0 saturated carbocycles. The molecule has 0 amide bonds. The first-order valence-corrected chi connectivity index (χ1v) is 21.1. The fourth-order valence-corrected chi connectivity index (χ4v) is 10.5. The molecule has 0 aliphatic carbocycles. The molecular formula is C48H56O4. The van der Waals surface area contributed by atoms with E-state index in [4.69, 9.17) is 17.7 Å². The summed E-state index contributed by atoms with van der Waals surface area (Å²) in [5.41, 5.74) is 19.4. The Kier molecular flexibility index (Phi) is 8.40. The Hall–Kier alpha value is -3.92. The molecule has 0 atom stereocenters. The summed E-state index contributed by atoms with van der Waals surface area (Å²) in [6, 6.07) is 0. The molecule has 4 heteroatoms. The van der Waals surface area contributed by atoms with Crippen LogP contribution in [-0.2, 0) is 51.4 Å². The van der Waals surface area contributed by atoms with Crippen LogP contribution < -0.4 is 0 Å². The minimum atomic E-state index is 0.972. The average molecular weight is 697 g/mol. The van der Waals surface area contributed by atoms with Crippen molar-refractivity contribution in [2.75, 3.05) is 0 Å². The maximum Gasteiger partial charge on any atom is 0.139 e. The summed E-state index contributed by atoms with van der Waals surface area (Å²) in [7, 11) is 0. The first-order valence-electron chi connectivity index (χ1n) is 21.1. The number of furan rings is 4. The van der Waals surface area contributed by atoms with Gasteiger partial charge in [-0.3, -0.25) is 0 Å². The molecule has 4 nitrogen and oxygen atoms in total. The molecule has 0 radical (unpaired) electrons. The van der Waals surface area contributed by atoms with Crippen LogP contribution in [0.1, 0.15) is 151 Å². The van der Waals surface area contributed by atoms with Gasteiger partial charge in [0.05, 0.1) is 0 Å². The number of benzene rings is 4. The zero-order valence-electron chi connectivity index (χ0n) is 32.9. The maximum absolute atomic E-state index is 7.48. The van der Waals surface area contributed by atoms with Gasteiger partial charge >= 0.3 is 0 Å². The van der Waals surface area contributed by atoms with E-state index in [0.29, 0.717) is 0 Å². The fourth-order valence-electron chi connectivity index (χ4n) is 10.5. The van der Waals surface area contributed by atoms with E-state index in [-0.39, 0.29) is 0 Å². The second kappa shape index (κ2) is 12.9. The smallest absolute Gasteiger partial charge is 0.139 e. The molecule has 4 heterocycles. The molecule has 0 unspecified atom stereocenters. The van der Waals surface area contributed by atoms with Gasteiger partial charge < -0.3 is 17.7 Å². The van der Waals surface area contributed by atoms with Crippen molar-refractivity contribution in [1.29, 1.82) is 0 Å². The molecular weight excluding hydrogens is 641 g/mol. The largest absolute Gasteiger partial charge is 0.455 e. The first kappa shape index (κ1) is 33.9. The third-order valence-electron chi connectivity index (χ3n) is 12.3. The molecule has 0 saturated heterocycles. The van der Waals surface area contributed by atoms with Crippen LogP contribution in [0.15, 0.2) is 17.7 Å². The Morgan fingerprint density at radius 1 is 0.212 bits per heavy atom. The summed E-state index contributed by atoms with van der Waals surface area (Å²) >= 11 is 0. The van der Waals surface area contributed by atoms with Gasteiger partial charge in [-0.25, -0.2) is 0 Å². The number of aryl methyl sites for hydroxylation is 8. The van der Waals surface area contributed by atoms with Crippen LogP contribution in [0, 0.1) is 0 Å². The van der Waals surface area contributed by atoms with Crippen molar-refractivity contribution >= 4 is 87.8 Å². The molecule has 9 rings (SSSR count). The zero-order valence-corrected chi connectivity index (χ0v) is 32.9. The van der Waals surface area contributed by atoms with Gasteiger partial charge in [0, 0.05) is 87.6 Å². The summed E-state index contributed by atoms with van der Waals surface area (Å²) < 4.78 is 29.9. The van der Waals surface area contributed by atoms with Crippen molar-refractivity contribution < 1.29 is 17.7 Å². The molecule has 5 aromatic carbocycles. The van der Waals surface area contributed by atoms with Crippen LogP contribution >= 0.6 is 0 Å². The first-order chi connectivity index (χ1) is 25.5. The van der Waals surface area contributed by atoms with Gasteiger partial charge in [0.1, 0.15) is 44.7 Å². The Morgan fingerprint density at radius 3 is 0.423 bits per heavy atom. The molecule has 0 spiro atoms. The Balaban J connectivity index is 1.72. The third kappa shape index (κ3) is 4.27. The standard InChI is InChI=1S/C48H56O4/c1-9-17-25-26(18-10-2)42-34-33-35-37-39-40-38-36(34)44(50-42)29(21-13-5)30(22-14-6)46(38)52-48(40)32(24-16-8)31(23-15-7)47(39)51-45(37)28(20-12-4)27(19-11-3)43(35)49-41(25)33/h9-24H2,1-8H3. The SMILES string of the molecule is CCCc1c(CCC)c2oc3c(CCC)c(CCC)c4oc5c(CCC)c(CCC)c6oc7c(CCC)c(CCC)c8oc1c1c8c7c6c5c4c3c21. The average Bonchev–Trinajstić information content (AvgIpc) is 3.90. The highest BCUT2D eigenvalue weighted by atomic mass is 16.4. The lowest BCUT2D eigenvalue weighted by atomic mass is 9.84. The molecule has 52 heavy (non-hydrogen) atoms. The normalized spacial score (nSPS) is 13.1. The molecule has 0 N–H and O–H groups in total. The molecule has 4 aromatic heterocycles. The Labute approximate surface area is 307 Å². The summed E-state index contributed by atoms with van der Waals surface area (Å²) in [5.74, 6) is 0. The van der Waals surface area contributed by atoms with Gasteiger partial charge in [0.2, 0.25) is 0 Å². The van der Waals surface area contributed by atoms with Crippen molar-refractivity contribution in [3.63, 3.8) is 0 Å². The van der Waals surface area contributed by atoms with Gasteiger partial charge in [-0.15, -0.1) is 0 Å². The monoisotopic (exact) mass is 696 g/mol. The van der Waals surface area contributed by atoms with Crippen molar-refractivity contribution in [2.45, 2.75) is 158 Å². The highest BCUT2D eigenvalue weighted by Gasteiger charge is 2.36. The van der Waals surface area contributed by atoms with Gasteiger partial charge in [-0.2, -0.15) is 0 Å². The lowest BCUT2D eigenvalue weighted by molar-refractivity contribution is 0.630. The van der Waals surface area contributed by atoms with Crippen LogP contribution in [-0.4, -0.2) is 0 Å². The Bertz CT molecular complexity index is 2130. The van der Waals surface area contributed by atoms with Gasteiger partial charge in [-0.05, 0) is 51.4 Å². The van der Waals surface area contributed by atoms with Crippen LogP contribution in [0.2, 0.25) is 0 Å². The van der Waals surface area contributed by atoms with Gasteiger partial charge in [0.15, 0.2) is 0 Å². The van der Waals surface area contributed by atoms with E-state index < -0.39 is 0 Å². The second-order valence-electron chi connectivity index (χ2n) is 15.9. The van der Waals surface area contributed by atoms with E-state index in [0.717, 1.165) is 147 Å². The van der Waals surface area contributed by atoms with E-state index in [1.807, 2.05) is 0 Å². The predicted octanol–water partition coefficient (Wildman–Crippen LogP) is 15.2. The summed E-state index contributed by atoms with van der Waals surface area (Å²) in [6.45, 7) is 18.4. The third-order valence-corrected chi connectivity index (χ3v) is 12.3. The quantitative estimate of drug-likeness (QED) is 0.101. The van der Waals surface area contributed by atoms with E-state index in [9.17, 15) is 0 Å². The summed E-state index contributed by atoms with van der Waals surface area (Å²) in [4.78, 5) is 0. The number of rotatable bonds is 16. The van der Waals surface area contributed by atoms with Crippen LogP contribution in [0.3, 0.4) is 0 Å². The molecule has 0 fully saturated rings. The minimum absolute atomic E-state index is 0.972. The molecule has 9 aromatic rings. The zero-order chi connectivity index (χ0) is 36.0. The highest BCUT2D eigenvalue weighted by Crippen LogP contribution is 2.57. The second-order valence-corrected chi connectivity index (χ2v) is 15.9. The van der Waals surface area contributed by atoms with Crippen molar-refractivity contribution in [1.82, 2.24) is 0 Å². The van der Waals surface area contributed by atoms with E-state index in [1.54, 1.807) is 0 Å². The minimum Gasteiger partial charge on any atom is -0.455 e. The fraction of sp³-hybridized carbons (Fsp3) is 0.500. The van der Waals surface area contributed by atoms with Gasteiger partial charge in [0.25, 0.3) is 0 Å². The summed E-state index contributed by atoms with van der Waals surface area (Å²) in [5, 5.41) is 10.0. The molecule has 0 bridgehead atoms. The van der Waals surface area contributed by atoms with E-state index >= 15 is 0 Å². The number of hydrogen-bond acceptors (Lipinski definition) is 4. The topological polar surface area (TPSA) is 52.6 Å². The summed E-state index contributed by atoms with van der Waals surface area (Å²) in [6.07, 6.45) is 16.2. The lowest BCUT2D eigenvalue weighted by Gasteiger charge is -2.13. The highest BCUT2D eigenvalue weighted by molar-refractivity contribution is 6.45. The molecule has 0 aliphatic rings. The van der Waals surface area contributed by atoms with Gasteiger partial charge in [-0.1, -0.05) is 107 Å². The maximum atomic E-state index is 7.48. The molecule has 272 valence electrons. The van der Waals surface area contributed by atoms with E-state index in [2.05, 4.69) is 55.4 Å². The Morgan fingerprint density at radius 2 is 0.327 bits per heavy atom. The van der Waals surface area contributed by atoms with Crippen molar-refractivity contribution in [3.8, 4) is 0 Å². The van der Waals surface area contributed by atoms with E-state index in [1.165, 1.54) is 87.6 Å². The predicted molar refractivity (Wildman–Crippen MR) is 221 cm³/mol.